The van der Waals surface area contributed by atoms with Gasteiger partial charge in [-0.25, -0.2) is 8.78 Å². The van der Waals surface area contributed by atoms with Gasteiger partial charge in [0.2, 0.25) is 5.91 Å². The average molecular weight is 347 g/mol. The van der Waals surface area contributed by atoms with Crippen molar-refractivity contribution in [1.29, 1.82) is 0 Å². The van der Waals surface area contributed by atoms with E-state index in [1.807, 2.05) is 24.3 Å². The van der Waals surface area contributed by atoms with Crippen LogP contribution in [0.4, 0.5) is 8.78 Å². The molecular weight excluding hydrogens is 328 g/mol. The van der Waals surface area contributed by atoms with E-state index in [0.717, 1.165) is 23.3 Å². The van der Waals surface area contributed by atoms with Gasteiger partial charge in [-0.3, -0.25) is 9.59 Å². The van der Waals surface area contributed by atoms with Crippen LogP contribution < -0.4 is 5.32 Å². The molecule has 0 radical (unpaired) electrons. The minimum Gasteiger partial charge on any atom is -0.392 e. The summed E-state index contributed by atoms with van der Waals surface area (Å²) in [5, 5.41) is 11.7. The highest BCUT2D eigenvalue weighted by Crippen LogP contribution is 2.12. The molecule has 0 spiro atoms. The molecule has 1 amide bonds. The Bertz CT molecular complexity index is 745. The number of rotatable bonds is 8. The molecule has 0 aliphatic heterocycles. The maximum absolute atomic E-state index is 13.5. The first-order valence-electron chi connectivity index (χ1n) is 7.93. The van der Waals surface area contributed by atoms with Crippen LogP contribution in [-0.4, -0.2) is 23.3 Å². The Hall–Kier alpha value is -2.60. The first-order chi connectivity index (χ1) is 12.0. The molecule has 0 atom stereocenters. The minimum absolute atomic E-state index is 0.0142. The van der Waals surface area contributed by atoms with Crippen LogP contribution in [0.5, 0.6) is 0 Å². The van der Waals surface area contributed by atoms with Gasteiger partial charge < -0.3 is 10.4 Å². The number of benzene rings is 2. The number of Topliss-reactive ketones (excluding diaryl/α,β-unsaturated/α-hetero) is 1. The summed E-state index contributed by atoms with van der Waals surface area (Å²) in [6.45, 7) is 0.399. The molecule has 0 unspecified atom stereocenters. The van der Waals surface area contributed by atoms with Crippen LogP contribution >= 0.6 is 0 Å². The standard InChI is InChI=1S/C19H19F2NO3/c20-15-5-6-16(17(21)11-15)18(24)7-8-19(25)22-10-9-13-1-3-14(12-23)4-2-13/h1-6,11,23H,7-10,12H2,(H,22,25). The third-order valence-corrected chi connectivity index (χ3v) is 3.75. The molecule has 0 aromatic heterocycles. The number of carbonyl (C=O) groups is 2. The molecule has 0 saturated carbocycles. The number of hydrogen-bond donors (Lipinski definition) is 2. The summed E-state index contributed by atoms with van der Waals surface area (Å²) in [6.07, 6.45) is 0.427. The fourth-order valence-electron chi connectivity index (χ4n) is 2.32. The summed E-state index contributed by atoms with van der Waals surface area (Å²) in [4.78, 5) is 23.6. The Morgan fingerprint density at radius 1 is 0.960 bits per heavy atom. The fourth-order valence-corrected chi connectivity index (χ4v) is 2.32. The highest BCUT2D eigenvalue weighted by Gasteiger charge is 2.14. The molecule has 0 fully saturated rings. The molecule has 132 valence electrons. The zero-order chi connectivity index (χ0) is 18.2. The molecule has 0 heterocycles. The first kappa shape index (κ1) is 18.7. The smallest absolute Gasteiger partial charge is 0.220 e. The number of ketones is 1. The average Bonchev–Trinajstić information content (AvgIpc) is 2.60. The van der Waals surface area contributed by atoms with Crippen LogP contribution in [-0.2, 0) is 17.8 Å². The first-order valence-corrected chi connectivity index (χ1v) is 7.93. The van der Waals surface area contributed by atoms with Crippen molar-refractivity contribution in [2.45, 2.75) is 25.9 Å². The van der Waals surface area contributed by atoms with E-state index in [4.69, 9.17) is 5.11 Å². The van der Waals surface area contributed by atoms with Crippen molar-refractivity contribution < 1.29 is 23.5 Å². The van der Waals surface area contributed by atoms with E-state index in [2.05, 4.69) is 5.32 Å². The zero-order valence-corrected chi connectivity index (χ0v) is 13.6. The second kappa shape index (κ2) is 9.03. The second-order valence-corrected chi connectivity index (χ2v) is 5.62. The number of hydrogen-bond acceptors (Lipinski definition) is 3. The van der Waals surface area contributed by atoms with Gasteiger partial charge in [0.1, 0.15) is 11.6 Å². The Labute approximate surface area is 144 Å². The zero-order valence-electron chi connectivity index (χ0n) is 13.6. The summed E-state index contributed by atoms with van der Waals surface area (Å²) >= 11 is 0. The second-order valence-electron chi connectivity index (χ2n) is 5.62. The van der Waals surface area contributed by atoms with E-state index in [9.17, 15) is 18.4 Å². The summed E-state index contributed by atoms with van der Waals surface area (Å²) in [5.74, 6) is -2.51. The van der Waals surface area contributed by atoms with Crippen molar-refractivity contribution in [1.82, 2.24) is 5.32 Å². The maximum atomic E-state index is 13.5. The van der Waals surface area contributed by atoms with Crippen LogP contribution in [0.1, 0.15) is 34.3 Å². The summed E-state index contributed by atoms with van der Waals surface area (Å²) in [7, 11) is 0. The lowest BCUT2D eigenvalue weighted by Crippen LogP contribution is -2.26. The minimum atomic E-state index is -0.920. The molecule has 25 heavy (non-hydrogen) atoms. The highest BCUT2D eigenvalue weighted by molar-refractivity contribution is 5.98. The van der Waals surface area contributed by atoms with E-state index >= 15 is 0 Å². The Morgan fingerprint density at radius 2 is 1.64 bits per heavy atom. The summed E-state index contributed by atoms with van der Waals surface area (Å²) in [5.41, 5.74) is 1.62. The van der Waals surface area contributed by atoms with E-state index in [-0.39, 0.29) is 30.9 Å². The molecule has 2 N–H and O–H groups in total. The quantitative estimate of drug-likeness (QED) is 0.722. The Kier molecular flexibility index (Phi) is 6.77. The van der Waals surface area contributed by atoms with Crippen molar-refractivity contribution in [3.05, 3.63) is 70.8 Å². The largest absolute Gasteiger partial charge is 0.392 e. The van der Waals surface area contributed by atoms with Crippen molar-refractivity contribution in [2.75, 3.05) is 6.54 Å². The Balaban J connectivity index is 1.73. The van der Waals surface area contributed by atoms with Gasteiger partial charge in [0.25, 0.3) is 0 Å². The number of amides is 1. The van der Waals surface area contributed by atoms with E-state index in [1.165, 1.54) is 0 Å². The number of nitrogens with one attached hydrogen (secondary N) is 1. The summed E-state index contributed by atoms with van der Waals surface area (Å²) in [6, 6.07) is 10.1. The lowest BCUT2D eigenvalue weighted by molar-refractivity contribution is -0.121. The molecule has 0 aliphatic carbocycles. The third-order valence-electron chi connectivity index (χ3n) is 3.75. The lowest BCUT2D eigenvalue weighted by Gasteiger charge is -2.06. The predicted octanol–water partition coefficient (Wildman–Crippen LogP) is 2.78. The fraction of sp³-hybridized carbons (Fsp3) is 0.263. The highest BCUT2D eigenvalue weighted by atomic mass is 19.1. The monoisotopic (exact) mass is 347 g/mol. The van der Waals surface area contributed by atoms with Crippen molar-refractivity contribution >= 4 is 11.7 Å². The molecule has 4 nitrogen and oxygen atoms in total. The molecule has 2 rings (SSSR count). The number of aliphatic hydroxyl groups excluding tert-OH is 1. The van der Waals surface area contributed by atoms with Gasteiger partial charge in [-0.1, -0.05) is 24.3 Å². The van der Waals surface area contributed by atoms with E-state index in [0.29, 0.717) is 19.0 Å². The SMILES string of the molecule is O=C(CCC(=O)c1ccc(F)cc1F)NCCc1ccc(CO)cc1. The normalized spacial score (nSPS) is 10.5. The molecule has 2 aromatic rings. The topological polar surface area (TPSA) is 66.4 Å². The number of aliphatic hydroxyl groups is 1. The molecule has 6 heteroatoms. The van der Waals surface area contributed by atoms with Crippen LogP contribution in [0.3, 0.4) is 0 Å². The van der Waals surface area contributed by atoms with E-state index < -0.39 is 17.4 Å². The summed E-state index contributed by atoms with van der Waals surface area (Å²) < 4.78 is 26.3. The van der Waals surface area contributed by atoms with Gasteiger partial charge in [-0.2, -0.15) is 0 Å². The third kappa shape index (κ3) is 5.76. The lowest BCUT2D eigenvalue weighted by atomic mass is 10.1. The van der Waals surface area contributed by atoms with Gasteiger partial charge in [-0.05, 0) is 29.7 Å². The van der Waals surface area contributed by atoms with Gasteiger partial charge in [0, 0.05) is 25.5 Å². The molecule has 0 bridgehead atoms. The van der Waals surface area contributed by atoms with Gasteiger partial charge in [0.05, 0.1) is 12.2 Å². The van der Waals surface area contributed by atoms with Crippen LogP contribution in [0.15, 0.2) is 42.5 Å². The van der Waals surface area contributed by atoms with Crippen molar-refractivity contribution in [2.24, 2.45) is 0 Å². The van der Waals surface area contributed by atoms with Crippen molar-refractivity contribution in [3.63, 3.8) is 0 Å². The molecular formula is C19H19F2NO3. The molecule has 2 aromatic carbocycles. The number of carbonyl (C=O) groups excluding carboxylic acids is 2. The van der Waals surface area contributed by atoms with Crippen LogP contribution in [0, 0.1) is 11.6 Å². The van der Waals surface area contributed by atoms with Gasteiger partial charge in [-0.15, -0.1) is 0 Å². The van der Waals surface area contributed by atoms with Gasteiger partial charge in [0.15, 0.2) is 5.78 Å². The maximum Gasteiger partial charge on any atom is 0.220 e. The van der Waals surface area contributed by atoms with Crippen LogP contribution in [0.2, 0.25) is 0 Å². The van der Waals surface area contributed by atoms with E-state index in [1.54, 1.807) is 0 Å². The molecule has 0 aliphatic rings. The number of halogens is 2. The van der Waals surface area contributed by atoms with Gasteiger partial charge >= 0.3 is 0 Å². The van der Waals surface area contributed by atoms with Crippen LogP contribution in [0.25, 0.3) is 0 Å². The predicted molar refractivity (Wildman–Crippen MR) is 89.0 cm³/mol. The molecule has 0 saturated heterocycles. The Morgan fingerprint density at radius 3 is 2.28 bits per heavy atom. The van der Waals surface area contributed by atoms with Crippen molar-refractivity contribution in [3.8, 4) is 0 Å².